The maximum Gasteiger partial charge on any atom is 0.309 e. The fraction of sp³-hybridized carbons (Fsp3) is 0.731. The Bertz CT molecular complexity index is 909. The SMILES string of the molecule is C/C(=C\c1csc(C)n1)[C@@H]1C[C@H]2O[C@@H]2CCC[C@H](C)[C@H](O)[C@@H](C)C(=O)C(C)(C)[C@@H](O)CC(=O)O1. The highest BCUT2D eigenvalue weighted by Gasteiger charge is 2.44. The standard InChI is InChI=1S/C26H39NO6S/c1-14-8-7-9-19-21(32-19)11-20(15(2)10-18-13-34-17(4)27-18)33-23(29)12-22(28)26(5,6)25(31)16(3)24(14)30/h10,13-14,16,19-22,24,28,30H,7-9,11-12H2,1-6H3/b15-10+/t14-,16+,19+,20-,21+,22-,24-/m0/s1. The predicted molar refractivity (Wildman–Crippen MR) is 131 cm³/mol. The Morgan fingerprint density at radius 2 is 1.91 bits per heavy atom. The molecule has 2 aliphatic heterocycles. The molecule has 0 amide bonds. The van der Waals surface area contributed by atoms with Gasteiger partial charge in [-0.25, -0.2) is 4.98 Å². The highest BCUT2D eigenvalue weighted by molar-refractivity contribution is 7.09. The highest BCUT2D eigenvalue weighted by Crippen LogP contribution is 2.36. The lowest BCUT2D eigenvalue weighted by Gasteiger charge is -2.34. The number of fused-ring (bicyclic) bond motifs is 1. The first-order valence-electron chi connectivity index (χ1n) is 12.3. The Morgan fingerprint density at radius 1 is 1.21 bits per heavy atom. The van der Waals surface area contributed by atoms with Crippen LogP contribution in [0.3, 0.4) is 0 Å². The summed E-state index contributed by atoms with van der Waals surface area (Å²) in [6.07, 6.45) is 2.28. The van der Waals surface area contributed by atoms with Crippen LogP contribution in [0.25, 0.3) is 6.08 Å². The molecule has 7 atom stereocenters. The van der Waals surface area contributed by atoms with Gasteiger partial charge in [0.2, 0.25) is 0 Å². The van der Waals surface area contributed by atoms with Crippen LogP contribution >= 0.6 is 11.3 Å². The topological polar surface area (TPSA) is 109 Å². The molecule has 0 radical (unpaired) electrons. The molecular formula is C26H39NO6S. The predicted octanol–water partition coefficient (Wildman–Crippen LogP) is 4.09. The van der Waals surface area contributed by atoms with Crippen molar-refractivity contribution in [1.29, 1.82) is 0 Å². The second kappa shape index (κ2) is 11.0. The average Bonchev–Trinajstić information content (AvgIpc) is 3.38. The van der Waals surface area contributed by atoms with Crippen molar-refractivity contribution >= 4 is 29.2 Å². The van der Waals surface area contributed by atoms with Gasteiger partial charge in [0.15, 0.2) is 0 Å². The van der Waals surface area contributed by atoms with Crippen LogP contribution in [0.15, 0.2) is 11.0 Å². The molecule has 2 aliphatic rings. The van der Waals surface area contributed by atoms with E-state index in [2.05, 4.69) is 4.98 Å². The molecule has 0 spiro atoms. The lowest BCUT2D eigenvalue weighted by Crippen LogP contribution is -2.45. The molecule has 34 heavy (non-hydrogen) atoms. The zero-order valence-corrected chi connectivity index (χ0v) is 21.9. The van der Waals surface area contributed by atoms with Crippen LogP contribution in [0, 0.1) is 24.2 Å². The third kappa shape index (κ3) is 6.53. The van der Waals surface area contributed by atoms with Crippen molar-refractivity contribution in [3.8, 4) is 0 Å². The number of aliphatic hydroxyl groups excluding tert-OH is 2. The number of aliphatic hydroxyl groups is 2. The molecule has 2 fully saturated rings. The van der Waals surface area contributed by atoms with Crippen molar-refractivity contribution in [3.63, 3.8) is 0 Å². The number of thiazole rings is 1. The van der Waals surface area contributed by atoms with Gasteiger partial charge in [-0.15, -0.1) is 11.3 Å². The van der Waals surface area contributed by atoms with E-state index in [4.69, 9.17) is 9.47 Å². The van der Waals surface area contributed by atoms with Crippen molar-refractivity contribution in [2.75, 3.05) is 0 Å². The van der Waals surface area contributed by atoms with E-state index in [9.17, 15) is 19.8 Å². The van der Waals surface area contributed by atoms with E-state index < -0.39 is 35.6 Å². The Balaban J connectivity index is 1.81. The summed E-state index contributed by atoms with van der Waals surface area (Å²) in [6.45, 7) is 10.8. The number of rotatable bonds is 2. The van der Waals surface area contributed by atoms with Crippen molar-refractivity contribution in [2.45, 2.75) is 104 Å². The number of hydrogen-bond acceptors (Lipinski definition) is 8. The van der Waals surface area contributed by atoms with E-state index >= 15 is 0 Å². The van der Waals surface area contributed by atoms with Gasteiger partial charge in [-0.2, -0.15) is 0 Å². The molecule has 0 saturated carbocycles. The number of nitrogens with zero attached hydrogens (tertiary/aromatic N) is 1. The normalized spacial score (nSPS) is 36.0. The molecule has 1 aromatic heterocycles. The summed E-state index contributed by atoms with van der Waals surface area (Å²) in [4.78, 5) is 30.5. The monoisotopic (exact) mass is 493 g/mol. The molecule has 1 aromatic rings. The average molecular weight is 494 g/mol. The second-order valence-corrected chi connectivity index (χ2v) is 11.7. The van der Waals surface area contributed by atoms with Crippen molar-refractivity contribution in [2.24, 2.45) is 17.3 Å². The number of cyclic esters (lactones) is 1. The molecule has 3 heterocycles. The van der Waals surface area contributed by atoms with Gasteiger partial charge >= 0.3 is 5.97 Å². The highest BCUT2D eigenvalue weighted by atomic mass is 32.1. The van der Waals surface area contributed by atoms with E-state index in [0.717, 1.165) is 35.5 Å². The van der Waals surface area contributed by atoms with E-state index in [-0.39, 0.29) is 30.3 Å². The summed E-state index contributed by atoms with van der Waals surface area (Å²) >= 11 is 1.56. The fourth-order valence-corrected chi connectivity index (χ4v) is 5.35. The Kier molecular flexibility index (Phi) is 8.71. The van der Waals surface area contributed by atoms with Crippen molar-refractivity contribution < 1.29 is 29.3 Å². The first-order valence-corrected chi connectivity index (χ1v) is 13.1. The third-order valence-electron chi connectivity index (χ3n) is 7.41. The van der Waals surface area contributed by atoms with Gasteiger partial charge in [0.1, 0.15) is 11.9 Å². The number of hydrogen-bond donors (Lipinski definition) is 2. The van der Waals surface area contributed by atoms with Crippen LogP contribution in [0.5, 0.6) is 0 Å². The Labute approximate surface area is 206 Å². The number of carbonyl (C=O) groups excluding carboxylic acids is 2. The molecule has 2 saturated heterocycles. The van der Waals surface area contributed by atoms with Gasteiger partial charge in [0.05, 0.1) is 47.0 Å². The summed E-state index contributed by atoms with van der Waals surface area (Å²) in [5, 5.41) is 24.5. The largest absolute Gasteiger partial charge is 0.458 e. The zero-order valence-electron chi connectivity index (χ0n) is 21.1. The second-order valence-electron chi connectivity index (χ2n) is 10.6. The summed E-state index contributed by atoms with van der Waals surface area (Å²) in [5.74, 6) is -1.52. The van der Waals surface area contributed by atoms with Crippen LogP contribution in [0.2, 0.25) is 0 Å². The van der Waals surface area contributed by atoms with Gasteiger partial charge in [0.25, 0.3) is 0 Å². The number of aromatic nitrogens is 1. The first kappa shape index (κ1) is 27.0. The molecule has 0 bridgehead atoms. The van der Waals surface area contributed by atoms with Gasteiger partial charge in [-0.3, -0.25) is 9.59 Å². The van der Waals surface area contributed by atoms with E-state index in [1.165, 1.54) is 0 Å². The molecular weight excluding hydrogens is 454 g/mol. The lowest BCUT2D eigenvalue weighted by molar-refractivity contribution is -0.154. The number of ether oxygens (including phenoxy) is 2. The molecule has 190 valence electrons. The number of ketones is 1. The number of Topliss-reactive ketones (excluding diaryl/α,β-unsaturated/α-hetero) is 1. The molecule has 0 unspecified atom stereocenters. The van der Waals surface area contributed by atoms with Crippen LogP contribution in [0.4, 0.5) is 0 Å². The number of carbonyl (C=O) groups is 2. The van der Waals surface area contributed by atoms with Crippen LogP contribution in [-0.4, -0.2) is 57.5 Å². The molecule has 7 nitrogen and oxygen atoms in total. The minimum atomic E-state index is -1.22. The van der Waals surface area contributed by atoms with Crippen LogP contribution < -0.4 is 0 Å². The van der Waals surface area contributed by atoms with Gasteiger partial charge < -0.3 is 19.7 Å². The number of epoxide rings is 1. The molecule has 3 rings (SSSR count). The maximum atomic E-state index is 13.2. The Hall–Kier alpha value is -1.61. The third-order valence-corrected chi connectivity index (χ3v) is 8.20. The quantitative estimate of drug-likeness (QED) is 0.472. The smallest absolute Gasteiger partial charge is 0.309 e. The van der Waals surface area contributed by atoms with Crippen molar-refractivity contribution in [1.82, 2.24) is 4.98 Å². The molecule has 0 aliphatic carbocycles. The first-order chi connectivity index (χ1) is 15.9. The molecule has 0 aromatic carbocycles. The summed E-state index contributed by atoms with van der Waals surface area (Å²) < 4.78 is 11.7. The molecule has 2 N–H and O–H groups in total. The van der Waals surface area contributed by atoms with Crippen molar-refractivity contribution in [3.05, 3.63) is 21.7 Å². The zero-order chi connectivity index (χ0) is 25.2. The number of aryl methyl sites for hydroxylation is 1. The van der Waals surface area contributed by atoms with Crippen LogP contribution in [-0.2, 0) is 19.1 Å². The van der Waals surface area contributed by atoms with Gasteiger partial charge in [0, 0.05) is 17.7 Å². The Morgan fingerprint density at radius 3 is 2.56 bits per heavy atom. The minimum absolute atomic E-state index is 0.00770. The summed E-state index contributed by atoms with van der Waals surface area (Å²) in [6, 6.07) is 0. The summed E-state index contributed by atoms with van der Waals surface area (Å²) in [5.41, 5.74) is 0.494. The maximum absolute atomic E-state index is 13.2. The van der Waals surface area contributed by atoms with Crippen LogP contribution in [0.1, 0.15) is 77.4 Å². The molecule has 8 heteroatoms. The van der Waals surface area contributed by atoms with Gasteiger partial charge in [-0.1, -0.05) is 34.1 Å². The van der Waals surface area contributed by atoms with E-state index in [1.807, 2.05) is 32.2 Å². The minimum Gasteiger partial charge on any atom is -0.458 e. The lowest BCUT2D eigenvalue weighted by atomic mass is 9.73. The fourth-order valence-electron chi connectivity index (χ4n) is 4.78. The van der Waals surface area contributed by atoms with E-state index in [0.29, 0.717) is 6.42 Å². The van der Waals surface area contributed by atoms with Gasteiger partial charge in [-0.05, 0) is 44.3 Å². The summed E-state index contributed by atoms with van der Waals surface area (Å²) in [7, 11) is 0. The number of esters is 1. The van der Waals surface area contributed by atoms with E-state index in [1.54, 1.807) is 32.1 Å².